The maximum Gasteiger partial charge on any atom is 0.253 e. The van der Waals surface area contributed by atoms with E-state index in [9.17, 15) is 4.79 Å². The third-order valence-corrected chi connectivity index (χ3v) is 4.98. The molecule has 26 heavy (non-hydrogen) atoms. The number of rotatable bonds is 5. The zero-order valence-corrected chi connectivity index (χ0v) is 15.0. The largest absolute Gasteiger partial charge is 0.497 e. The van der Waals surface area contributed by atoms with E-state index in [2.05, 4.69) is 32.2 Å². The minimum absolute atomic E-state index is 0.0151. The molecular weight excluding hydrogens is 328 g/mol. The first-order chi connectivity index (χ1) is 12.7. The maximum atomic E-state index is 12.2. The highest BCUT2D eigenvalue weighted by molar-refractivity contribution is 5.95. The molecule has 1 aromatic heterocycles. The van der Waals surface area contributed by atoms with Crippen molar-refractivity contribution < 1.29 is 9.53 Å². The number of hydrogen-bond donors (Lipinski definition) is 1. The van der Waals surface area contributed by atoms with Gasteiger partial charge in [0.15, 0.2) is 0 Å². The molecule has 2 heterocycles. The normalized spacial score (nSPS) is 17.1. The molecule has 0 radical (unpaired) electrons. The average molecular weight is 352 g/mol. The summed E-state index contributed by atoms with van der Waals surface area (Å²) in [6.07, 6.45) is 5.67. The van der Waals surface area contributed by atoms with Crippen molar-refractivity contribution in [2.24, 2.45) is 0 Å². The number of amides is 1. The highest BCUT2D eigenvalue weighted by Crippen LogP contribution is 2.23. The van der Waals surface area contributed by atoms with Crippen LogP contribution in [0.25, 0.3) is 0 Å². The molecule has 4 rings (SSSR count). The number of aromatic nitrogens is 1. The molecule has 0 unspecified atom stereocenters. The van der Waals surface area contributed by atoms with Gasteiger partial charge < -0.3 is 19.9 Å². The molecule has 0 bridgehead atoms. The van der Waals surface area contributed by atoms with Crippen molar-refractivity contribution in [3.05, 3.63) is 48.3 Å². The number of carbonyl (C=O) groups is 1. The van der Waals surface area contributed by atoms with Gasteiger partial charge in [-0.05, 0) is 43.2 Å². The summed E-state index contributed by atoms with van der Waals surface area (Å²) < 4.78 is 5.22. The monoisotopic (exact) mass is 352 g/mol. The Labute approximate surface area is 153 Å². The van der Waals surface area contributed by atoms with E-state index < -0.39 is 0 Å². The van der Waals surface area contributed by atoms with Crippen LogP contribution in [0.3, 0.4) is 0 Å². The fourth-order valence-corrected chi connectivity index (χ4v) is 3.24. The molecule has 1 aliphatic carbocycles. The summed E-state index contributed by atoms with van der Waals surface area (Å²) in [5.74, 6) is 0.860. The van der Waals surface area contributed by atoms with Gasteiger partial charge in [0.25, 0.3) is 5.91 Å². The van der Waals surface area contributed by atoms with E-state index in [0.29, 0.717) is 11.6 Å². The first-order valence-electron chi connectivity index (χ1n) is 9.13. The molecule has 0 spiro atoms. The molecular formula is C20H24N4O2. The van der Waals surface area contributed by atoms with E-state index in [1.807, 2.05) is 24.4 Å². The van der Waals surface area contributed by atoms with Gasteiger partial charge in [-0.25, -0.2) is 0 Å². The van der Waals surface area contributed by atoms with E-state index >= 15 is 0 Å². The van der Waals surface area contributed by atoms with Crippen LogP contribution in [0.15, 0.2) is 42.7 Å². The van der Waals surface area contributed by atoms with E-state index in [-0.39, 0.29) is 5.91 Å². The number of pyridine rings is 1. The predicted molar refractivity (Wildman–Crippen MR) is 102 cm³/mol. The van der Waals surface area contributed by atoms with Gasteiger partial charge in [-0.2, -0.15) is 0 Å². The van der Waals surface area contributed by atoms with Crippen LogP contribution in [0.4, 0.5) is 11.4 Å². The van der Waals surface area contributed by atoms with Crippen molar-refractivity contribution in [3.63, 3.8) is 0 Å². The summed E-state index contributed by atoms with van der Waals surface area (Å²) in [6, 6.07) is 10.5. The smallest absolute Gasteiger partial charge is 0.253 e. The van der Waals surface area contributed by atoms with Crippen LogP contribution in [0.2, 0.25) is 0 Å². The summed E-state index contributed by atoms with van der Waals surface area (Å²) in [6.45, 7) is 3.68. The van der Waals surface area contributed by atoms with Gasteiger partial charge in [0.2, 0.25) is 0 Å². The van der Waals surface area contributed by atoms with Crippen molar-refractivity contribution in [2.45, 2.75) is 18.9 Å². The second kappa shape index (κ2) is 7.23. The first kappa shape index (κ1) is 16.7. The van der Waals surface area contributed by atoms with Crippen LogP contribution in [0.5, 0.6) is 5.75 Å². The SMILES string of the molecule is COc1ccc(N2CCN(c3cncc(C(=O)NC4CC4)c3)CC2)cc1. The fourth-order valence-electron chi connectivity index (χ4n) is 3.24. The molecule has 6 heteroatoms. The average Bonchev–Trinajstić information content (AvgIpc) is 3.52. The predicted octanol–water partition coefficient (Wildman–Crippen LogP) is 2.31. The molecule has 1 aromatic carbocycles. The quantitative estimate of drug-likeness (QED) is 0.895. The van der Waals surface area contributed by atoms with Crippen LogP contribution in [0.1, 0.15) is 23.2 Å². The van der Waals surface area contributed by atoms with Crippen molar-refractivity contribution in [1.82, 2.24) is 10.3 Å². The Morgan fingerprint density at radius 1 is 1.04 bits per heavy atom. The van der Waals surface area contributed by atoms with Crippen LogP contribution in [-0.2, 0) is 0 Å². The Kier molecular flexibility index (Phi) is 4.65. The van der Waals surface area contributed by atoms with Gasteiger partial charge >= 0.3 is 0 Å². The minimum Gasteiger partial charge on any atom is -0.497 e. The van der Waals surface area contributed by atoms with Crippen molar-refractivity contribution >= 4 is 17.3 Å². The number of methoxy groups -OCH3 is 1. The molecule has 1 aliphatic heterocycles. The molecule has 1 saturated carbocycles. The molecule has 2 aromatic rings. The molecule has 6 nitrogen and oxygen atoms in total. The Morgan fingerprint density at radius 3 is 2.31 bits per heavy atom. The highest BCUT2D eigenvalue weighted by atomic mass is 16.5. The first-order valence-corrected chi connectivity index (χ1v) is 9.13. The molecule has 1 saturated heterocycles. The van der Waals surface area contributed by atoms with Crippen molar-refractivity contribution in [3.8, 4) is 5.75 Å². The second-order valence-corrected chi connectivity index (χ2v) is 6.85. The number of piperazine rings is 1. The van der Waals surface area contributed by atoms with E-state index in [1.54, 1.807) is 13.3 Å². The second-order valence-electron chi connectivity index (χ2n) is 6.85. The molecule has 2 fully saturated rings. The zero-order chi connectivity index (χ0) is 17.9. The zero-order valence-electron chi connectivity index (χ0n) is 15.0. The van der Waals surface area contributed by atoms with Crippen molar-refractivity contribution in [2.75, 3.05) is 43.1 Å². The van der Waals surface area contributed by atoms with Gasteiger partial charge in [-0.3, -0.25) is 9.78 Å². The number of nitrogens with one attached hydrogen (secondary N) is 1. The number of ether oxygens (including phenoxy) is 1. The Balaban J connectivity index is 1.38. The lowest BCUT2D eigenvalue weighted by Crippen LogP contribution is -2.46. The van der Waals surface area contributed by atoms with Crippen LogP contribution < -0.4 is 19.9 Å². The third-order valence-electron chi connectivity index (χ3n) is 4.98. The summed E-state index contributed by atoms with van der Waals surface area (Å²) in [5.41, 5.74) is 2.87. The number of anilines is 2. The molecule has 1 N–H and O–H groups in total. The van der Waals surface area contributed by atoms with Crippen LogP contribution >= 0.6 is 0 Å². The van der Waals surface area contributed by atoms with Crippen LogP contribution in [-0.4, -0.2) is 50.2 Å². The standard InChI is InChI=1S/C20H24N4O2/c1-26-19-6-4-17(5-7-19)23-8-10-24(11-9-23)18-12-15(13-21-14-18)20(25)22-16-2-3-16/h4-7,12-14,16H,2-3,8-11H2,1H3,(H,22,25). The summed E-state index contributed by atoms with van der Waals surface area (Å²) in [4.78, 5) is 21.2. The van der Waals surface area contributed by atoms with Gasteiger partial charge in [0.1, 0.15) is 5.75 Å². The van der Waals surface area contributed by atoms with Crippen molar-refractivity contribution in [1.29, 1.82) is 0 Å². The van der Waals surface area contributed by atoms with E-state index in [1.165, 1.54) is 5.69 Å². The van der Waals surface area contributed by atoms with Crippen LogP contribution in [0, 0.1) is 0 Å². The Bertz CT molecular complexity index is 766. The summed E-state index contributed by atoms with van der Waals surface area (Å²) in [5, 5.41) is 3.02. The molecule has 0 atom stereocenters. The van der Waals surface area contributed by atoms with E-state index in [4.69, 9.17) is 4.74 Å². The third kappa shape index (κ3) is 3.74. The van der Waals surface area contributed by atoms with E-state index in [0.717, 1.165) is 50.5 Å². The fraction of sp³-hybridized carbons (Fsp3) is 0.400. The lowest BCUT2D eigenvalue weighted by molar-refractivity contribution is 0.0950. The highest BCUT2D eigenvalue weighted by Gasteiger charge is 2.24. The maximum absolute atomic E-state index is 12.2. The van der Waals surface area contributed by atoms with Gasteiger partial charge in [0.05, 0.1) is 24.6 Å². The number of benzene rings is 1. The number of hydrogen-bond acceptors (Lipinski definition) is 5. The molecule has 2 aliphatic rings. The Morgan fingerprint density at radius 2 is 1.69 bits per heavy atom. The summed E-state index contributed by atoms with van der Waals surface area (Å²) >= 11 is 0. The minimum atomic E-state index is -0.0151. The molecule has 1 amide bonds. The van der Waals surface area contributed by atoms with Gasteiger partial charge in [0, 0.05) is 44.1 Å². The summed E-state index contributed by atoms with van der Waals surface area (Å²) in [7, 11) is 1.68. The lowest BCUT2D eigenvalue weighted by atomic mass is 10.2. The van der Waals surface area contributed by atoms with Gasteiger partial charge in [-0.1, -0.05) is 0 Å². The topological polar surface area (TPSA) is 57.7 Å². The molecule has 136 valence electrons. The Hall–Kier alpha value is -2.76. The number of carbonyl (C=O) groups excluding carboxylic acids is 1. The lowest BCUT2D eigenvalue weighted by Gasteiger charge is -2.37. The number of nitrogens with zero attached hydrogens (tertiary/aromatic N) is 3. The van der Waals surface area contributed by atoms with Gasteiger partial charge in [-0.15, -0.1) is 0 Å².